The Hall–Kier alpha value is -1.70. The molecule has 2 aliphatic carbocycles. The Morgan fingerprint density at radius 3 is 2.41 bits per heavy atom. The summed E-state index contributed by atoms with van der Waals surface area (Å²) in [6.45, 7) is 8.88. The predicted molar refractivity (Wildman–Crippen MR) is 116 cm³/mol. The average Bonchev–Trinajstić information content (AvgIpc) is 3.14. The quantitative estimate of drug-likeness (QED) is 0.655. The second-order valence-corrected chi connectivity index (χ2v) is 10.7. The molecule has 4 rings (SSSR count). The molecule has 0 saturated heterocycles. The van der Waals surface area contributed by atoms with Crippen LogP contribution in [0.4, 0.5) is 0 Å². The molecule has 1 heterocycles. The van der Waals surface area contributed by atoms with Crippen molar-refractivity contribution in [2.24, 2.45) is 22.5 Å². The summed E-state index contributed by atoms with van der Waals surface area (Å²) in [4.78, 5) is 15.2. The van der Waals surface area contributed by atoms with E-state index in [1.165, 1.54) is 27.6 Å². The Morgan fingerprint density at radius 2 is 1.90 bits per heavy atom. The molecule has 0 aliphatic heterocycles. The van der Waals surface area contributed by atoms with Crippen molar-refractivity contribution in [3.63, 3.8) is 0 Å². The number of aryl methyl sites for hydroxylation is 2. The maximum absolute atomic E-state index is 11.9. The molecule has 2 unspecified atom stereocenters. The normalized spacial score (nSPS) is 25.3. The van der Waals surface area contributed by atoms with Crippen LogP contribution in [0.25, 0.3) is 10.9 Å². The van der Waals surface area contributed by atoms with Crippen molar-refractivity contribution in [1.29, 1.82) is 0 Å². The lowest BCUT2D eigenvalue weighted by Crippen LogP contribution is -2.42. The predicted octanol–water partition coefficient (Wildman–Crippen LogP) is 3.56. The van der Waals surface area contributed by atoms with Crippen molar-refractivity contribution in [1.82, 2.24) is 4.98 Å². The molecule has 1 aromatic carbocycles. The molecule has 2 saturated carbocycles. The highest BCUT2D eigenvalue weighted by molar-refractivity contribution is 7.85. The first kappa shape index (κ1) is 22.0. The van der Waals surface area contributed by atoms with E-state index in [4.69, 9.17) is 10.3 Å². The van der Waals surface area contributed by atoms with Crippen LogP contribution in [0.1, 0.15) is 49.8 Å². The van der Waals surface area contributed by atoms with Crippen LogP contribution in [0, 0.1) is 30.6 Å². The number of carbonyl (C=O) groups is 1. The van der Waals surface area contributed by atoms with Crippen LogP contribution < -0.4 is 5.73 Å². The van der Waals surface area contributed by atoms with Gasteiger partial charge in [-0.3, -0.25) is 9.35 Å². The maximum Gasteiger partial charge on any atom is 0.265 e. The smallest absolute Gasteiger partial charge is 0.265 e. The fraction of sp³-hybridized carbons (Fsp3) is 0.591. The largest absolute Gasteiger partial charge is 0.361 e. The highest BCUT2D eigenvalue weighted by atomic mass is 32.2. The maximum atomic E-state index is 11.9. The minimum absolute atomic E-state index is 0.0152. The molecule has 1 aromatic heterocycles. The van der Waals surface area contributed by atoms with E-state index in [9.17, 15) is 13.2 Å². The third-order valence-electron chi connectivity index (χ3n) is 7.36. The van der Waals surface area contributed by atoms with Gasteiger partial charge in [0.15, 0.2) is 0 Å². The number of hydrogen-bond acceptors (Lipinski definition) is 4. The average molecular weight is 421 g/mol. The fourth-order valence-corrected chi connectivity index (χ4v) is 6.53. The van der Waals surface area contributed by atoms with Gasteiger partial charge < -0.3 is 10.7 Å². The van der Waals surface area contributed by atoms with Crippen LogP contribution >= 0.6 is 0 Å². The summed E-state index contributed by atoms with van der Waals surface area (Å²) in [5.74, 6) is -0.101. The second-order valence-electron chi connectivity index (χ2n) is 9.23. The zero-order valence-electron chi connectivity index (χ0n) is 17.7. The number of aromatic nitrogens is 1. The van der Waals surface area contributed by atoms with E-state index in [-0.39, 0.29) is 17.1 Å². The molecule has 7 heteroatoms. The molecule has 2 aromatic rings. The topological polar surface area (TPSA) is 113 Å². The van der Waals surface area contributed by atoms with Gasteiger partial charge in [0.05, 0.1) is 11.2 Å². The van der Waals surface area contributed by atoms with E-state index in [0.29, 0.717) is 19.4 Å². The summed E-state index contributed by atoms with van der Waals surface area (Å²) in [7, 11) is -4.08. The molecule has 4 N–H and O–H groups in total. The number of H-pyrrole nitrogens is 1. The number of carbonyl (C=O) groups excluding carboxylic acids is 1. The first-order chi connectivity index (χ1) is 13.4. The first-order valence-electron chi connectivity index (χ1n) is 10.2. The van der Waals surface area contributed by atoms with Crippen molar-refractivity contribution < 1.29 is 17.8 Å². The number of nitrogens with two attached hydrogens (primary N) is 1. The summed E-state index contributed by atoms with van der Waals surface area (Å²) in [5, 5.41) is 1.32. The zero-order chi connectivity index (χ0) is 21.6. The number of aromatic amines is 1. The first-order valence-corrected chi connectivity index (χ1v) is 11.8. The van der Waals surface area contributed by atoms with Crippen LogP contribution in [0.5, 0.6) is 0 Å². The van der Waals surface area contributed by atoms with Crippen molar-refractivity contribution in [3.8, 4) is 0 Å². The van der Waals surface area contributed by atoms with Gasteiger partial charge in [0.2, 0.25) is 0 Å². The number of Topliss-reactive ketones (excluding diaryl/α,β-unsaturated/α-hetero) is 1. The van der Waals surface area contributed by atoms with Crippen LogP contribution in [-0.2, 0) is 21.3 Å². The van der Waals surface area contributed by atoms with E-state index in [1.807, 2.05) is 13.8 Å². The monoisotopic (exact) mass is 420 g/mol. The number of fused-ring (bicyclic) bond motifs is 3. The zero-order valence-corrected chi connectivity index (χ0v) is 18.5. The van der Waals surface area contributed by atoms with Gasteiger partial charge in [0, 0.05) is 23.5 Å². The standard InChI is InChI=1S/C12H16N2.C10H16O4S/c1-8-5-11-10(3-4-13)7-14-12(11)6-9(8)2;1-9(2)7-3-4-10(9,8(11)5-7)6-15(12,13)14/h5-7,14H,3-4,13H2,1-2H3;7H,3-6H2,1-2H3,(H,12,13,14). The Kier molecular flexibility index (Phi) is 5.71. The Balaban J connectivity index is 0.000000166. The molecule has 29 heavy (non-hydrogen) atoms. The lowest BCUT2D eigenvalue weighted by atomic mass is 9.70. The highest BCUT2D eigenvalue weighted by Crippen LogP contribution is 2.64. The lowest BCUT2D eigenvalue weighted by molar-refractivity contribution is -0.128. The molecule has 2 bridgehead atoms. The third kappa shape index (κ3) is 3.88. The van der Waals surface area contributed by atoms with Gasteiger partial charge in [-0.25, -0.2) is 0 Å². The van der Waals surface area contributed by atoms with Crippen molar-refractivity contribution in [2.75, 3.05) is 12.3 Å². The molecule has 2 aliphatic rings. The molecular weight excluding hydrogens is 388 g/mol. The van der Waals surface area contributed by atoms with Gasteiger partial charge in [0.25, 0.3) is 10.1 Å². The van der Waals surface area contributed by atoms with E-state index >= 15 is 0 Å². The lowest BCUT2D eigenvalue weighted by Gasteiger charge is -2.35. The highest BCUT2D eigenvalue weighted by Gasteiger charge is 2.65. The summed E-state index contributed by atoms with van der Waals surface area (Å²) in [6.07, 6.45) is 4.99. The summed E-state index contributed by atoms with van der Waals surface area (Å²) in [6, 6.07) is 4.44. The number of hydrogen-bond donors (Lipinski definition) is 3. The molecule has 6 nitrogen and oxygen atoms in total. The number of benzene rings is 1. The minimum Gasteiger partial charge on any atom is -0.361 e. The van der Waals surface area contributed by atoms with Crippen LogP contribution in [0.2, 0.25) is 0 Å². The third-order valence-corrected chi connectivity index (χ3v) is 8.22. The minimum atomic E-state index is -4.08. The van der Waals surface area contributed by atoms with E-state index < -0.39 is 21.3 Å². The van der Waals surface area contributed by atoms with Gasteiger partial charge in [-0.05, 0) is 79.8 Å². The molecule has 0 spiro atoms. The van der Waals surface area contributed by atoms with E-state index in [1.54, 1.807) is 0 Å². The van der Waals surface area contributed by atoms with Crippen LogP contribution in [-0.4, -0.2) is 36.0 Å². The van der Waals surface area contributed by atoms with Crippen molar-refractivity contribution in [3.05, 3.63) is 35.0 Å². The van der Waals surface area contributed by atoms with Crippen molar-refractivity contribution in [2.45, 2.75) is 53.4 Å². The number of nitrogens with one attached hydrogen (secondary N) is 1. The molecule has 160 valence electrons. The molecule has 0 radical (unpaired) electrons. The number of ketones is 1. The van der Waals surface area contributed by atoms with Gasteiger partial charge in [-0.2, -0.15) is 8.42 Å². The SMILES string of the molecule is CC1(C)C2CCC1(CS(=O)(=O)O)C(=O)C2.Cc1cc2[nH]cc(CCN)c2cc1C. The molecule has 2 fully saturated rings. The summed E-state index contributed by atoms with van der Waals surface area (Å²) >= 11 is 0. The molecule has 0 amide bonds. The second kappa shape index (κ2) is 7.52. The molecule has 2 atom stereocenters. The van der Waals surface area contributed by atoms with Gasteiger partial charge in [0.1, 0.15) is 5.78 Å². The van der Waals surface area contributed by atoms with Crippen LogP contribution in [0.15, 0.2) is 18.3 Å². The number of rotatable bonds is 4. The van der Waals surface area contributed by atoms with Gasteiger partial charge in [-0.1, -0.05) is 13.8 Å². The molecular formula is C22H32N2O4S. The van der Waals surface area contributed by atoms with Crippen molar-refractivity contribution >= 4 is 26.8 Å². The van der Waals surface area contributed by atoms with Gasteiger partial charge in [-0.15, -0.1) is 0 Å². The summed E-state index contributed by atoms with van der Waals surface area (Å²) in [5.41, 5.74) is 9.66. The fourth-order valence-electron chi connectivity index (χ4n) is 5.23. The Labute approximate surface area is 173 Å². The van der Waals surface area contributed by atoms with E-state index in [2.05, 4.69) is 37.2 Å². The van der Waals surface area contributed by atoms with E-state index in [0.717, 1.165) is 12.8 Å². The Bertz CT molecular complexity index is 1040. The summed E-state index contributed by atoms with van der Waals surface area (Å²) < 4.78 is 31.0. The Morgan fingerprint density at radius 1 is 1.24 bits per heavy atom. The van der Waals surface area contributed by atoms with Crippen LogP contribution in [0.3, 0.4) is 0 Å². The van der Waals surface area contributed by atoms with Gasteiger partial charge >= 0.3 is 0 Å².